The van der Waals surface area contributed by atoms with E-state index in [1.807, 2.05) is 0 Å². The van der Waals surface area contributed by atoms with E-state index < -0.39 is 0 Å². The lowest BCUT2D eigenvalue weighted by atomic mass is 10.1. The van der Waals surface area contributed by atoms with Gasteiger partial charge in [0.1, 0.15) is 0 Å². The molecule has 74 valence electrons. The Kier molecular flexibility index (Phi) is 4.28. The van der Waals surface area contributed by atoms with Gasteiger partial charge in [-0.1, -0.05) is 0 Å². The predicted octanol–water partition coefficient (Wildman–Crippen LogP) is 1.24. The minimum absolute atomic E-state index is 0.00425. The molecule has 0 saturated carbocycles. The number of likely N-dealkylation sites (tertiary alicyclic amines) is 1. The average molecular weight is 201 g/mol. The standard InChI is InChI=1S/C9H15NO2S/c11-8-4-3-5-9(12)10(8)6-1-2-7-13/h13H,1-7H2. The number of carbonyl (C=O) groups is 2. The van der Waals surface area contributed by atoms with Crippen LogP contribution in [0.4, 0.5) is 0 Å². The predicted molar refractivity (Wildman–Crippen MR) is 53.7 cm³/mol. The first-order valence-electron chi connectivity index (χ1n) is 4.70. The summed E-state index contributed by atoms with van der Waals surface area (Å²) < 4.78 is 0. The second-order valence-electron chi connectivity index (χ2n) is 3.22. The van der Waals surface area contributed by atoms with Gasteiger partial charge in [0.15, 0.2) is 0 Å². The number of hydrogen-bond acceptors (Lipinski definition) is 3. The van der Waals surface area contributed by atoms with E-state index in [4.69, 9.17) is 0 Å². The number of nitrogens with zero attached hydrogens (tertiary/aromatic N) is 1. The molecular formula is C9H15NO2S. The molecule has 1 saturated heterocycles. The molecule has 0 bridgehead atoms. The van der Waals surface area contributed by atoms with Crippen LogP contribution in [-0.4, -0.2) is 29.0 Å². The van der Waals surface area contributed by atoms with Crippen molar-refractivity contribution in [1.29, 1.82) is 0 Å². The Bertz CT molecular complexity index is 190. The highest BCUT2D eigenvalue weighted by atomic mass is 32.1. The SMILES string of the molecule is O=C1CCCC(=O)N1CCCCS. The molecule has 0 aliphatic carbocycles. The number of piperidine rings is 1. The number of amides is 2. The molecule has 1 rings (SSSR count). The lowest BCUT2D eigenvalue weighted by Gasteiger charge is -2.24. The molecule has 13 heavy (non-hydrogen) atoms. The number of thiol groups is 1. The first-order valence-corrected chi connectivity index (χ1v) is 5.33. The second kappa shape index (κ2) is 5.27. The van der Waals surface area contributed by atoms with Crippen LogP contribution in [0.1, 0.15) is 32.1 Å². The van der Waals surface area contributed by atoms with Crippen molar-refractivity contribution in [2.24, 2.45) is 0 Å². The van der Waals surface area contributed by atoms with Gasteiger partial charge in [0, 0.05) is 19.4 Å². The number of unbranched alkanes of at least 4 members (excludes halogenated alkanes) is 1. The van der Waals surface area contributed by atoms with Crippen molar-refractivity contribution in [1.82, 2.24) is 4.90 Å². The molecule has 2 amide bonds. The Balaban J connectivity index is 2.35. The van der Waals surface area contributed by atoms with Crippen LogP contribution in [0, 0.1) is 0 Å². The second-order valence-corrected chi connectivity index (χ2v) is 3.67. The lowest BCUT2D eigenvalue weighted by molar-refractivity contribution is -0.147. The van der Waals surface area contributed by atoms with E-state index >= 15 is 0 Å². The molecule has 0 atom stereocenters. The smallest absolute Gasteiger partial charge is 0.229 e. The maximum atomic E-state index is 11.3. The molecule has 1 heterocycles. The Hall–Kier alpha value is -0.510. The minimum Gasteiger partial charge on any atom is -0.283 e. The third kappa shape index (κ3) is 3.03. The molecule has 0 aromatic heterocycles. The van der Waals surface area contributed by atoms with Gasteiger partial charge < -0.3 is 0 Å². The Morgan fingerprint density at radius 1 is 1.15 bits per heavy atom. The van der Waals surface area contributed by atoms with Crippen molar-refractivity contribution in [2.45, 2.75) is 32.1 Å². The monoisotopic (exact) mass is 201 g/mol. The van der Waals surface area contributed by atoms with Crippen LogP contribution in [0.3, 0.4) is 0 Å². The van der Waals surface area contributed by atoms with E-state index in [1.165, 1.54) is 4.90 Å². The van der Waals surface area contributed by atoms with Crippen LogP contribution in [-0.2, 0) is 9.59 Å². The number of imide groups is 1. The van der Waals surface area contributed by atoms with E-state index in [-0.39, 0.29) is 11.8 Å². The van der Waals surface area contributed by atoms with Gasteiger partial charge in [-0.25, -0.2) is 0 Å². The largest absolute Gasteiger partial charge is 0.283 e. The van der Waals surface area contributed by atoms with Crippen LogP contribution >= 0.6 is 12.6 Å². The summed E-state index contributed by atoms with van der Waals surface area (Å²) in [5, 5.41) is 0. The molecule has 1 aliphatic rings. The van der Waals surface area contributed by atoms with Gasteiger partial charge >= 0.3 is 0 Å². The molecule has 4 heteroatoms. The fraction of sp³-hybridized carbons (Fsp3) is 0.778. The van der Waals surface area contributed by atoms with Gasteiger partial charge in [0.2, 0.25) is 11.8 Å². The Morgan fingerprint density at radius 3 is 2.31 bits per heavy atom. The normalized spacial score (nSPS) is 18.1. The lowest BCUT2D eigenvalue weighted by Crippen LogP contribution is -2.40. The zero-order valence-corrected chi connectivity index (χ0v) is 8.56. The van der Waals surface area contributed by atoms with E-state index in [9.17, 15) is 9.59 Å². The van der Waals surface area contributed by atoms with Crippen LogP contribution < -0.4 is 0 Å². The first-order chi connectivity index (χ1) is 6.25. The Labute approximate surface area is 83.9 Å². The summed E-state index contributed by atoms with van der Waals surface area (Å²) in [6, 6.07) is 0. The van der Waals surface area contributed by atoms with Crippen LogP contribution in [0.5, 0.6) is 0 Å². The minimum atomic E-state index is -0.00425. The fourth-order valence-electron chi connectivity index (χ4n) is 1.43. The molecule has 0 N–H and O–H groups in total. The molecule has 1 aliphatic heterocycles. The highest BCUT2D eigenvalue weighted by Crippen LogP contribution is 2.12. The van der Waals surface area contributed by atoms with Crippen LogP contribution in [0.2, 0.25) is 0 Å². The van der Waals surface area contributed by atoms with E-state index in [0.717, 1.165) is 25.0 Å². The van der Waals surface area contributed by atoms with Gasteiger partial charge in [0.05, 0.1) is 0 Å². The summed E-state index contributed by atoms with van der Waals surface area (Å²) in [4.78, 5) is 24.0. The zero-order chi connectivity index (χ0) is 9.68. The van der Waals surface area contributed by atoms with E-state index in [0.29, 0.717) is 19.4 Å². The number of carbonyl (C=O) groups excluding carboxylic acids is 2. The molecule has 1 fully saturated rings. The van der Waals surface area contributed by atoms with Crippen molar-refractivity contribution in [3.63, 3.8) is 0 Å². The van der Waals surface area contributed by atoms with Gasteiger partial charge in [-0.3, -0.25) is 14.5 Å². The number of hydrogen-bond donors (Lipinski definition) is 1. The first kappa shape index (κ1) is 10.6. The topological polar surface area (TPSA) is 37.4 Å². The number of rotatable bonds is 4. The molecule has 0 aromatic rings. The molecule has 0 unspecified atom stereocenters. The summed E-state index contributed by atoms with van der Waals surface area (Å²) in [6.07, 6.45) is 3.63. The zero-order valence-electron chi connectivity index (χ0n) is 7.66. The van der Waals surface area contributed by atoms with Crippen molar-refractivity contribution in [3.8, 4) is 0 Å². The van der Waals surface area contributed by atoms with Crippen molar-refractivity contribution in [2.75, 3.05) is 12.3 Å². The van der Waals surface area contributed by atoms with Gasteiger partial charge in [-0.05, 0) is 25.0 Å². The maximum Gasteiger partial charge on any atom is 0.229 e. The van der Waals surface area contributed by atoms with Crippen LogP contribution in [0.25, 0.3) is 0 Å². The highest BCUT2D eigenvalue weighted by Gasteiger charge is 2.24. The van der Waals surface area contributed by atoms with Crippen molar-refractivity contribution >= 4 is 24.4 Å². The molecule has 0 radical (unpaired) electrons. The van der Waals surface area contributed by atoms with E-state index in [1.54, 1.807) is 0 Å². The summed E-state index contributed by atoms with van der Waals surface area (Å²) in [5.41, 5.74) is 0. The van der Waals surface area contributed by atoms with Gasteiger partial charge in [0.25, 0.3) is 0 Å². The molecule has 0 aromatic carbocycles. The summed E-state index contributed by atoms with van der Waals surface area (Å²) in [5.74, 6) is 0.807. The van der Waals surface area contributed by atoms with Gasteiger partial charge in [-0.15, -0.1) is 0 Å². The molecular weight excluding hydrogens is 186 g/mol. The molecule has 0 spiro atoms. The summed E-state index contributed by atoms with van der Waals surface area (Å²) >= 11 is 4.08. The summed E-state index contributed by atoms with van der Waals surface area (Å²) in [6.45, 7) is 0.582. The summed E-state index contributed by atoms with van der Waals surface area (Å²) in [7, 11) is 0. The van der Waals surface area contributed by atoms with Crippen molar-refractivity contribution < 1.29 is 9.59 Å². The third-order valence-corrected chi connectivity index (χ3v) is 2.49. The Morgan fingerprint density at radius 2 is 1.77 bits per heavy atom. The van der Waals surface area contributed by atoms with Gasteiger partial charge in [-0.2, -0.15) is 12.6 Å². The van der Waals surface area contributed by atoms with E-state index in [2.05, 4.69) is 12.6 Å². The van der Waals surface area contributed by atoms with Crippen molar-refractivity contribution in [3.05, 3.63) is 0 Å². The molecule has 3 nitrogen and oxygen atoms in total. The quantitative estimate of drug-likeness (QED) is 0.422. The fourth-order valence-corrected chi connectivity index (χ4v) is 1.65. The average Bonchev–Trinajstić information content (AvgIpc) is 2.10. The third-order valence-electron chi connectivity index (χ3n) is 2.17. The maximum absolute atomic E-state index is 11.3. The highest BCUT2D eigenvalue weighted by molar-refractivity contribution is 7.80. The van der Waals surface area contributed by atoms with Crippen LogP contribution in [0.15, 0.2) is 0 Å².